The van der Waals surface area contributed by atoms with Crippen molar-refractivity contribution in [3.63, 3.8) is 0 Å². The average molecular weight is 482 g/mol. The molecule has 0 aromatic rings. The summed E-state index contributed by atoms with van der Waals surface area (Å²) in [5.41, 5.74) is 0. The zero-order valence-electron chi connectivity index (χ0n) is 20.6. The molecule has 2 bridgehead atoms. The molecule has 188 valence electrons. The second-order valence-electron chi connectivity index (χ2n) is 10.0. The Morgan fingerprint density at radius 2 is 1.76 bits per heavy atom. The summed E-state index contributed by atoms with van der Waals surface area (Å²) in [6.07, 6.45) is 8.23. The van der Waals surface area contributed by atoms with Crippen LogP contribution >= 0.6 is 11.8 Å². The van der Waals surface area contributed by atoms with Crippen LogP contribution in [0.3, 0.4) is 0 Å². The molecule has 0 radical (unpaired) electrons. The van der Waals surface area contributed by atoms with Crippen molar-refractivity contribution < 1.29 is 19.5 Å². The van der Waals surface area contributed by atoms with E-state index in [9.17, 15) is 14.4 Å². The number of rotatable bonds is 14. The molecule has 0 aromatic carbocycles. The quantitative estimate of drug-likeness (QED) is 0.331. The number of aliphatic hydroxyl groups is 1. The predicted octanol–water partition coefficient (Wildman–Crippen LogP) is 2.71. The van der Waals surface area contributed by atoms with Crippen molar-refractivity contribution in [2.24, 2.45) is 17.8 Å². The number of thioether (sulfide) groups is 1. The number of carbonyl (C=O) groups excluding carboxylic acids is 3. The Hall–Kier alpha value is -1.28. The van der Waals surface area contributed by atoms with Gasteiger partial charge in [-0.05, 0) is 38.0 Å². The summed E-state index contributed by atoms with van der Waals surface area (Å²) in [6.45, 7) is 8.29. The van der Waals surface area contributed by atoms with Crippen LogP contribution in [0.5, 0.6) is 0 Å². The normalized spacial score (nSPS) is 32.3. The number of carbonyl (C=O) groups is 3. The molecule has 3 saturated heterocycles. The molecule has 3 unspecified atom stereocenters. The van der Waals surface area contributed by atoms with E-state index in [1.807, 2.05) is 11.8 Å². The summed E-state index contributed by atoms with van der Waals surface area (Å²) in [5.74, 6) is -0.635. The van der Waals surface area contributed by atoms with Crippen LogP contribution in [0.1, 0.15) is 78.6 Å². The second kappa shape index (κ2) is 11.9. The van der Waals surface area contributed by atoms with Crippen LogP contribution in [0.4, 0.5) is 0 Å². The standard InChI is InChI=1S/C25H43N3O4S/c1-4-6-9-13-27-23(31)21-25-17(3)16-18(33-25)19(22(30)26-12-5-2)20(25)24(32)28(21)14-10-7-8-11-15-29/h17-21,29H,4-16H2,1-3H3,(H,26,30)(H,27,31)/t17?,18-,19+,20-,21?,25?/m0/s1. The van der Waals surface area contributed by atoms with Crippen LogP contribution in [-0.2, 0) is 14.4 Å². The molecule has 0 aromatic heterocycles. The summed E-state index contributed by atoms with van der Waals surface area (Å²) in [4.78, 5) is 42.3. The molecule has 0 saturated carbocycles. The molecule has 8 heteroatoms. The molecule has 3 heterocycles. The molecule has 3 aliphatic heterocycles. The van der Waals surface area contributed by atoms with E-state index in [0.717, 1.165) is 57.8 Å². The molecule has 3 aliphatic rings. The predicted molar refractivity (Wildman–Crippen MR) is 132 cm³/mol. The van der Waals surface area contributed by atoms with E-state index in [4.69, 9.17) is 5.11 Å². The fourth-order valence-electron chi connectivity index (χ4n) is 6.16. The summed E-state index contributed by atoms with van der Waals surface area (Å²) in [6, 6.07) is -0.511. The van der Waals surface area contributed by atoms with Crippen LogP contribution in [0.15, 0.2) is 0 Å². The topological polar surface area (TPSA) is 98.7 Å². The summed E-state index contributed by atoms with van der Waals surface area (Å²) in [5, 5.41) is 15.3. The highest BCUT2D eigenvalue weighted by atomic mass is 32.2. The van der Waals surface area contributed by atoms with Gasteiger partial charge in [0.25, 0.3) is 0 Å². The minimum Gasteiger partial charge on any atom is -0.396 e. The molecule has 1 spiro atoms. The van der Waals surface area contributed by atoms with Crippen LogP contribution in [0, 0.1) is 17.8 Å². The lowest BCUT2D eigenvalue weighted by molar-refractivity contribution is -0.140. The lowest BCUT2D eigenvalue weighted by Gasteiger charge is -2.38. The lowest BCUT2D eigenvalue weighted by atomic mass is 9.66. The Morgan fingerprint density at radius 1 is 1.03 bits per heavy atom. The first-order valence-corrected chi connectivity index (χ1v) is 14.0. The molecular formula is C25H43N3O4S. The Balaban J connectivity index is 1.84. The first kappa shape index (κ1) is 26.3. The van der Waals surface area contributed by atoms with E-state index in [-0.39, 0.29) is 41.4 Å². The number of nitrogens with zero attached hydrogens (tertiary/aromatic N) is 1. The maximum absolute atomic E-state index is 13.8. The van der Waals surface area contributed by atoms with Gasteiger partial charge in [0.2, 0.25) is 17.7 Å². The van der Waals surface area contributed by atoms with Gasteiger partial charge in [0.15, 0.2) is 0 Å². The van der Waals surface area contributed by atoms with Crippen molar-refractivity contribution in [2.45, 2.75) is 94.6 Å². The zero-order chi connectivity index (χ0) is 24.0. The third kappa shape index (κ3) is 5.07. The van der Waals surface area contributed by atoms with E-state index >= 15 is 0 Å². The highest BCUT2D eigenvalue weighted by Crippen LogP contribution is 2.68. The van der Waals surface area contributed by atoms with Crippen LogP contribution in [-0.4, -0.2) is 70.0 Å². The molecule has 3 rings (SSSR count). The van der Waals surface area contributed by atoms with Crippen molar-refractivity contribution in [1.82, 2.24) is 15.5 Å². The number of nitrogens with one attached hydrogen (secondary N) is 2. The van der Waals surface area contributed by atoms with Gasteiger partial charge in [-0.2, -0.15) is 0 Å². The number of fused-ring (bicyclic) bond motifs is 1. The molecule has 6 atom stereocenters. The summed E-state index contributed by atoms with van der Waals surface area (Å²) >= 11 is 1.75. The first-order chi connectivity index (χ1) is 15.9. The number of likely N-dealkylation sites (tertiary alicyclic amines) is 1. The number of aliphatic hydroxyl groups excluding tert-OH is 1. The molecule has 3 fully saturated rings. The van der Waals surface area contributed by atoms with Crippen molar-refractivity contribution >= 4 is 29.5 Å². The fourth-order valence-corrected chi connectivity index (χ4v) is 8.58. The molecule has 3 N–H and O–H groups in total. The van der Waals surface area contributed by atoms with Crippen LogP contribution in [0.2, 0.25) is 0 Å². The number of hydrogen-bond acceptors (Lipinski definition) is 5. The number of amides is 3. The first-order valence-electron chi connectivity index (χ1n) is 13.1. The minimum atomic E-state index is -0.518. The lowest BCUT2D eigenvalue weighted by Crippen LogP contribution is -2.56. The van der Waals surface area contributed by atoms with E-state index in [2.05, 4.69) is 24.5 Å². The molecule has 0 aliphatic carbocycles. The van der Waals surface area contributed by atoms with E-state index in [1.54, 1.807) is 11.8 Å². The third-order valence-corrected chi connectivity index (χ3v) is 9.81. The van der Waals surface area contributed by atoms with Gasteiger partial charge in [0.1, 0.15) is 6.04 Å². The fraction of sp³-hybridized carbons (Fsp3) is 0.880. The van der Waals surface area contributed by atoms with Crippen molar-refractivity contribution in [3.8, 4) is 0 Å². The van der Waals surface area contributed by atoms with Crippen LogP contribution < -0.4 is 10.6 Å². The van der Waals surface area contributed by atoms with Gasteiger partial charge in [-0.25, -0.2) is 0 Å². The number of unbranched alkanes of at least 4 members (excludes halogenated alkanes) is 5. The van der Waals surface area contributed by atoms with Gasteiger partial charge in [-0.15, -0.1) is 11.8 Å². The monoisotopic (exact) mass is 481 g/mol. The van der Waals surface area contributed by atoms with Crippen LogP contribution in [0.25, 0.3) is 0 Å². The van der Waals surface area contributed by atoms with Gasteiger partial charge in [-0.3, -0.25) is 14.4 Å². The van der Waals surface area contributed by atoms with E-state index in [0.29, 0.717) is 19.6 Å². The SMILES string of the molecule is CCCCCNC(=O)C1N(CCCCCCO)C(=O)[C@@H]2[C@H](C(=O)NCCC)[C@@H]3CC(C)C12S3. The Bertz CT molecular complexity index is 705. The van der Waals surface area contributed by atoms with Crippen molar-refractivity contribution in [1.29, 1.82) is 0 Å². The van der Waals surface area contributed by atoms with E-state index < -0.39 is 16.7 Å². The van der Waals surface area contributed by atoms with E-state index in [1.165, 1.54) is 0 Å². The van der Waals surface area contributed by atoms with Gasteiger partial charge in [0, 0.05) is 31.5 Å². The highest BCUT2D eigenvalue weighted by molar-refractivity contribution is 8.02. The smallest absolute Gasteiger partial charge is 0.244 e. The van der Waals surface area contributed by atoms with Gasteiger partial charge in [0.05, 0.1) is 16.6 Å². The Kier molecular flexibility index (Phi) is 9.51. The Labute approximate surface area is 203 Å². The average Bonchev–Trinajstić information content (AvgIpc) is 3.38. The third-order valence-electron chi connectivity index (χ3n) is 7.73. The second-order valence-corrected chi connectivity index (χ2v) is 11.6. The van der Waals surface area contributed by atoms with Crippen molar-refractivity contribution in [2.75, 3.05) is 26.2 Å². The highest BCUT2D eigenvalue weighted by Gasteiger charge is 2.75. The van der Waals surface area contributed by atoms with Gasteiger partial charge >= 0.3 is 0 Å². The maximum atomic E-state index is 13.8. The molecule has 33 heavy (non-hydrogen) atoms. The minimum absolute atomic E-state index is 0.0101. The summed E-state index contributed by atoms with van der Waals surface area (Å²) in [7, 11) is 0. The molecular weight excluding hydrogens is 438 g/mol. The number of hydrogen-bond donors (Lipinski definition) is 3. The maximum Gasteiger partial charge on any atom is 0.244 e. The Morgan fingerprint density at radius 3 is 2.45 bits per heavy atom. The van der Waals surface area contributed by atoms with Crippen molar-refractivity contribution in [3.05, 3.63) is 0 Å². The zero-order valence-corrected chi connectivity index (χ0v) is 21.4. The largest absolute Gasteiger partial charge is 0.396 e. The van der Waals surface area contributed by atoms with Gasteiger partial charge < -0.3 is 20.6 Å². The summed E-state index contributed by atoms with van der Waals surface area (Å²) < 4.78 is -0.518. The van der Waals surface area contributed by atoms with Gasteiger partial charge in [-0.1, -0.05) is 46.5 Å². The molecule has 3 amide bonds. The molecule has 7 nitrogen and oxygen atoms in total.